The Morgan fingerprint density at radius 3 is 2.81 bits per heavy atom. The highest BCUT2D eigenvalue weighted by molar-refractivity contribution is 7.99. The molecule has 1 amide bonds. The first-order valence-electron chi connectivity index (χ1n) is 8.75. The topological polar surface area (TPSA) is 121 Å². The lowest BCUT2D eigenvalue weighted by Crippen LogP contribution is -2.64. The number of hydrogen-bond acceptors (Lipinski definition) is 7. The second-order valence-corrected chi connectivity index (χ2v) is 8.19. The van der Waals surface area contributed by atoms with Crippen molar-refractivity contribution in [3.63, 3.8) is 0 Å². The molecular formula is C16H21N5O4S. The predicted molar refractivity (Wildman–Crippen MR) is 90.8 cm³/mol. The molecule has 0 aromatic carbocycles. The Labute approximate surface area is 154 Å². The van der Waals surface area contributed by atoms with Crippen LogP contribution in [-0.4, -0.2) is 65.1 Å². The SMILES string of the molecule is C[C@@H](O)[C@H]1C(=O)N2C(C(=O)O)=C3[C@@H](CSc4nnnn4C)CCC[C@@H]3[C@H]12. The van der Waals surface area contributed by atoms with E-state index in [1.165, 1.54) is 16.7 Å². The fourth-order valence-corrected chi connectivity index (χ4v) is 5.71. The first-order valence-corrected chi connectivity index (χ1v) is 9.74. The van der Waals surface area contributed by atoms with Gasteiger partial charge in [0.1, 0.15) is 5.70 Å². The Bertz CT molecular complexity index is 791. The van der Waals surface area contributed by atoms with E-state index in [-0.39, 0.29) is 29.5 Å². The maximum absolute atomic E-state index is 12.5. The zero-order chi connectivity index (χ0) is 18.6. The summed E-state index contributed by atoms with van der Waals surface area (Å²) in [5, 5.41) is 31.8. The van der Waals surface area contributed by atoms with Crippen molar-refractivity contribution in [3.05, 3.63) is 11.3 Å². The molecule has 1 saturated carbocycles. The lowest BCUT2D eigenvalue weighted by atomic mass is 9.70. The van der Waals surface area contributed by atoms with Gasteiger partial charge < -0.3 is 15.1 Å². The molecule has 4 rings (SSSR count). The van der Waals surface area contributed by atoms with Gasteiger partial charge in [0.05, 0.1) is 18.1 Å². The second-order valence-electron chi connectivity index (χ2n) is 7.20. The smallest absolute Gasteiger partial charge is 0.352 e. The van der Waals surface area contributed by atoms with E-state index in [0.717, 1.165) is 24.8 Å². The van der Waals surface area contributed by atoms with Crippen molar-refractivity contribution >= 4 is 23.6 Å². The van der Waals surface area contributed by atoms with Gasteiger partial charge in [-0.15, -0.1) is 5.10 Å². The molecule has 10 heteroatoms. The van der Waals surface area contributed by atoms with E-state index in [1.54, 1.807) is 18.7 Å². The number of aryl methyl sites for hydroxylation is 1. The summed E-state index contributed by atoms with van der Waals surface area (Å²) in [4.78, 5) is 25.8. The molecule has 9 nitrogen and oxygen atoms in total. The standard InChI is InChI=1S/C16H21N5O4S/c1-7(22)10-12-9-5-3-4-8(6-26-16-17-18-19-20(16)2)11(9)13(15(24)25)21(12)14(10)23/h7-10,12,22H,3-6H2,1-2H3,(H,24,25)/t7-,8-,9+,10-,12-/m1/s1. The van der Waals surface area contributed by atoms with Gasteiger partial charge in [0.15, 0.2) is 0 Å². The van der Waals surface area contributed by atoms with E-state index in [1.807, 2.05) is 0 Å². The zero-order valence-electron chi connectivity index (χ0n) is 14.6. The van der Waals surface area contributed by atoms with Crippen LogP contribution in [-0.2, 0) is 16.6 Å². The van der Waals surface area contributed by atoms with Gasteiger partial charge in [0, 0.05) is 18.7 Å². The quantitative estimate of drug-likeness (QED) is 0.553. The molecule has 0 radical (unpaired) electrons. The predicted octanol–water partition coefficient (Wildman–Crippen LogP) is 0.279. The molecule has 0 spiro atoms. The molecule has 5 atom stereocenters. The van der Waals surface area contributed by atoms with Crippen molar-refractivity contribution in [2.75, 3.05) is 5.75 Å². The zero-order valence-corrected chi connectivity index (χ0v) is 15.4. The van der Waals surface area contributed by atoms with Crippen LogP contribution in [0, 0.1) is 17.8 Å². The Morgan fingerprint density at radius 1 is 1.42 bits per heavy atom. The number of amides is 1. The van der Waals surface area contributed by atoms with Gasteiger partial charge in [0.25, 0.3) is 0 Å². The number of aliphatic hydroxyl groups is 1. The van der Waals surface area contributed by atoms with Crippen molar-refractivity contribution in [1.82, 2.24) is 25.1 Å². The Hall–Kier alpha value is -1.94. The maximum Gasteiger partial charge on any atom is 0.352 e. The first-order chi connectivity index (χ1) is 12.4. The number of β-lactam (4-membered cyclic amide) rings is 1. The highest BCUT2D eigenvalue weighted by Gasteiger charge is 2.62. The van der Waals surface area contributed by atoms with Crippen LogP contribution in [0.1, 0.15) is 26.2 Å². The van der Waals surface area contributed by atoms with E-state index in [2.05, 4.69) is 15.5 Å². The summed E-state index contributed by atoms with van der Waals surface area (Å²) >= 11 is 1.50. The fourth-order valence-electron chi connectivity index (χ4n) is 4.69. The average Bonchev–Trinajstić information content (AvgIpc) is 3.12. The highest BCUT2D eigenvalue weighted by atomic mass is 32.2. The van der Waals surface area contributed by atoms with E-state index >= 15 is 0 Å². The van der Waals surface area contributed by atoms with Gasteiger partial charge in [-0.1, -0.05) is 18.2 Å². The third-order valence-electron chi connectivity index (χ3n) is 5.74. The first kappa shape index (κ1) is 17.5. The molecule has 2 fully saturated rings. The number of fused-ring (bicyclic) bond motifs is 3. The number of nitrogens with zero attached hydrogens (tertiary/aromatic N) is 5. The number of carboxylic acid groups (broad SMARTS) is 1. The average molecular weight is 379 g/mol. The number of aromatic nitrogens is 4. The van der Waals surface area contributed by atoms with Crippen molar-refractivity contribution in [2.45, 2.75) is 43.5 Å². The Kier molecular flexibility index (Phi) is 4.26. The third-order valence-corrected chi connectivity index (χ3v) is 6.91. The molecule has 2 aliphatic heterocycles. The molecule has 1 saturated heterocycles. The molecule has 3 aliphatic rings. The second kappa shape index (κ2) is 6.34. The number of tetrazole rings is 1. The fraction of sp³-hybridized carbons (Fsp3) is 0.688. The summed E-state index contributed by atoms with van der Waals surface area (Å²) in [6.45, 7) is 1.61. The van der Waals surface area contributed by atoms with Gasteiger partial charge in [-0.2, -0.15) is 0 Å². The summed E-state index contributed by atoms with van der Waals surface area (Å²) in [6, 6.07) is -0.215. The minimum Gasteiger partial charge on any atom is -0.477 e. The van der Waals surface area contributed by atoms with E-state index in [9.17, 15) is 19.8 Å². The monoisotopic (exact) mass is 379 g/mol. The van der Waals surface area contributed by atoms with Crippen molar-refractivity contribution in [3.8, 4) is 0 Å². The Balaban J connectivity index is 1.63. The lowest BCUT2D eigenvalue weighted by Gasteiger charge is -2.47. The number of thioether (sulfide) groups is 1. The van der Waals surface area contributed by atoms with Crippen LogP contribution in [0.25, 0.3) is 0 Å². The molecule has 1 aromatic heterocycles. The molecule has 2 N–H and O–H groups in total. The van der Waals surface area contributed by atoms with Gasteiger partial charge in [0.2, 0.25) is 11.1 Å². The summed E-state index contributed by atoms with van der Waals surface area (Å²) in [7, 11) is 1.77. The number of aliphatic carboxylic acids is 1. The minimum absolute atomic E-state index is 0.0235. The summed E-state index contributed by atoms with van der Waals surface area (Å²) in [5.41, 5.74) is 1.01. The van der Waals surface area contributed by atoms with Crippen LogP contribution in [0.5, 0.6) is 0 Å². The van der Waals surface area contributed by atoms with Crippen LogP contribution in [0.4, 0.5) is 0 Å². The van der Waals surface area contributed by atoms with Crippen LogP contribution < -0.4 is 0 Å². The largest absolute Gasteiger partial charge is 0.477 e. The van der Waals surface area contributed by atoms with Crippen molar-refractivity contribution < 1.29 is 19.8 Å². The van der Waals surface area contributed by atoms with E-state index in [0.29, 0.717) is 10.9 Å². The van der Waals surface area contributed by atoms with E-state index in [4.69, 9.17) is 0 Å². The van der Waals surface area contributed by atoms with Gasteiger partial charge in [-0.25, -0.2) is 9.48 Å². The maximum atomic E-state index is 12.5. The minimum atomic E-state index is -1.05. The van der Waals surface area contributed by atoms with Gasteiger partial charge >= 0.3 is 5.97 Å². The summed E-state index contributed by atoms with van der Waals surface area (Å²) in [5.74, 6) is -1.06. The summed E-state index contributed by atoms with van der Waals surface area (Å²) in [6.07, 6.45) is 1.96. The molecule has 1 aliphatic carbocycles. The van der Waals surface area contributed by atoms with E-state index < -0.39 is 18.0 Å². The highest BCUT2D eigenvalue weighted by Crippen LogP contribution is 2.54. The van der Waals surface area contributed by atoms with Gasteiger partial charge in [-0.3, -0.25) is 4.79 Å². The van der Waals surface area contributed by atoms with Crippen LogP contribution in [0.3, 0.4) is 0 Å². The number of carboxylic acids is 1. The lowest BCUT2D eigenvalue weighted by molar-refractivity contribution is -0.163. The number of hydrogen-bond donors (Lipinski definition) is 2. The molecule has 0 bridgehead atoms. The number of rotatable bonds is 5. The van der Waals surface area contributed by atoms with Gasteiger partial charge in [-0.05, 0) is 41.7 Å². The van der Waals surface area contributed by atoms with Crippen LogP contribution >= 0.6 is 11.8 Å². The van der Waals surface area contributed by atoms with Crippen LogP contribution in [0.15, 0.2) is 16.4 Å². The molecule has 1 aromatic rings. The number of carbonyl (C=O) groups excluding carboxylic acids is 1. The number of carbonyl (C=O) groups is 2. The Morgan fingerprint density at radius 2 is 2.19 bits per heavy atom. The molecule has 3 heterocycles. The normalized spacial score (nSPS) is 31.5. The molecule has 26 heavy (non-hydrogen) atoms. The third kappa shape index (κ3) is 2.46. The van der Waals surface area contributed by atoms with Crippen molar-refractivity contribution in [2.24, 2.45) is 24.8 Å². The number of aliphatic hydroxyl groups excluding tert-OH is 1. The molecular weight excluding hydrogens is 358 g/mol. The summed E-state index contributed by atoms with van der Waals surface area (Å²) < 4.78 is 1.59. The van der Waals surface area contributed by atoms with Crippen LogP contribution in [0.2, 0.25) is 0 Å². The molecule has 140 valence electrons. The molecule has 0 unspecified atom stereocenters. The van der Waals surface area contributed by atoms with Crippen molar-refractivity contribution in [1.29, 1.82) is 0 Å².